The van der Waals surface area contributed by atoms with E-state index in [0.29, 0.717) is 0 Å². The molecule has 0 atom stereocenters. The van der Waals surface area contributed by atoms with E-state index in [0.717, 1.165) is 12.8 Å². The highest BCUT2D eigenvalue weighted by Gasteiger charge is 1.82. The van der Waals surface area contributed by atoms with Crippen LogP contribution in [0.15, 0.2) is 29.5 Å². The molecule has 0 bridgehead atoms. The Morgan fingerprint density at radius 3 is 2.60 bits per heavy atom. The van der Waals surface area contributed by atoms with Gasteiger partial charge in [0.2, 0.25) is 0 Å². The maximum absolute atomic E-state index is 3.05. The highest BCUT2D eigenvalue weighted by Crippen LogP contribution is 2.02. The summed E-state index contributed by atoms with van der Waals surface area (Å²) in [5.41, 5.74) is 4.50. The molecule has 0 amide bonds. The van der Waals surface area contributed by atoms with Gasteiger partial charge >= 0.3 is 0 Å². The Hall–Kier alpha value is -0.740. The van der Waals surface area contributed by atoms with Gasteiger partial charge in [-0.1, -0.05) is 11.6 Å². The topological polar surface area (TPSA) is 0 Å². The van der Waals surface area contributed by atoms with Crippen LogP contribution in [-0.4, -0.2) is 0 Å². The lowest BCUT2D eigenvalue weighted by atomic mass is 10.1. The van der Waals surface area contributed by atoms with Gasteiger partial charge in [-0.15, -0.1) is 5.73 Å². The lowest BCUT2D eigenvalue weighted by Gasteiger charge is -1.92. The minimum absolute atomic E-state index is 1.11. The maximum Gasteiger partial charge on any atom is -0.0237 e. The average molecular weight is 136 g/mol. The molecule has 0 aliphatic heterocycles. The van der Waals surface area contributed by atoms with Crippen molar-refractivity contribution in [2.24, 2.45) is 0 Å². The molecule has 0 rings (SSSR count). The van der Waals surface area contributed by atoms with Crippen LogP contribution >= 0.6 is 0 Å². The second kappa shape index (κ2) is 6.38. The molecule has 0 saturated carbocycles. The summed E-state index contributed by atoms with van der Waals surface area (Å²) in [6, 6.07) is 0. The predicted octanol–water partition coefficient (Wildman–Crippen LogP) is 3.46. The summed E-state index contributed by atoms with van der Waals surface area (Å²) in [4.78, 5) is 0. The molecule has 0 saturated heterocycles. The summed E-state index contributed by atoms with van der Waals surface area (Å²) in [7, 11) is 0. The van der Waals surface area contributed by atoms with Gasteiger partial charge in [0.15, 0.2) is 0 Å². The minimum Gasteiger partial charge on any atom is -0.130 e. The summed E-state index contributed by atoms with van der Waals surface area (Å²) in [6.07, 6.45) is 8.44. The SMILES string of the molecule is CC=C=CCC/C(C)=C/C. The first-order valence-corrected chi connectivity index (χ1v) is 3.78. The smallest absolute Gasteiger partial charge is 0.0237 e. The Morgan fingerprint density at radius 1 is 1.40 bits per heavy atom. The lowest BCUT2D eigenvalue weighted by Crippen LogP contribution is -1.72. The zero-order chi connectivity index (χ0) is 7.82. The molecule has 0 aliphatic rings. The fraction of sp³-hybridized carbons (Fsp3) is 0.500. The van der Waals surface area contributed by atoms with Crippen LogP contribution in [0.4, 0.5) is 0 Å². The average Bonchev–Trinajstić information content (AvgIpc) is 1.98. The van der Waals surface area contributed by atoms with Gasteiger partial charge in [0, 0.05) is 0 Å². The number of hydrogen-bond acceptors (Lipinski definition) is 0. The van der Waals surface area contributed by atoms with Crippen molar-refractivity contribution in [3.8, 4) is 0 Å². The second-order valence-corrected chi connectivity index (χ2v) is 2.33. The van der Waals surface area contributed by atoms with Gasteiger partial charge in [-0.3, -0.25) is 0 Å². The Balaban J connectivity index is 3.47. The monoisotopic (exact) mass is 136 g/mol. The minimum atomic E-state index is 1.11. The van der Waals surface area contributed by atoms with E-state index in [-0.39, 0.29) is 0 Å². The molecule has 0 spiro atoms. The molecule has 0 fully saturated rings. The van der Waals surface area contributed by atoms with Crippen molar-refractivity contribution in [2.75, 3.05) is 0 Å². The third kappa shape index (κ3) is 5.40. The second-order valence-electron chi connectivity index (χ2n) is 2.33. The van der Waals surface area contributed by atoms with Crippen LogP contribution in [0.2, 0.25) is 0 Å². The van der Waals surface area contributed by atoms with Gasteiger partial charge in [-0.2, -0.15) is 0 Å². The van der Waals surface area contributed by atoms with Gasteiger partial charge in [0.05, 0.1) is 0 Å². The first-order chi connectivity index (χ1) is 4.81. The zero-order valence-electron chi connectivity index (χ0n) is 7.15. The van der Waals surface area contributed by atoms with Gasteiger partial charge in [-0.05, 0) is 45.8 Å². The van der Waals surface area contributed by atoms with Gasteiger partial charge < -0.3 is 0 Å². The summed E-state index contributed by atoms with van der Waals surface area (Å²) < 4.78 is 0. The van der Waals surface area contributed by atoms with E-state index in [1.54, 1.807) is 0 Å². The number of hydrogen-bond donors (Lipinski definition) is 0. The van der Waals surface area contributed by atoms with Crippen LogP contribution < -0.4 is 0 Å². The third-order valence-electron chi connectivity index (χ3n) is 1.46. The molecule has 56 valence electrons. The highest BCUT2D eigenvalue weighted by atomic mass is 13.9. The first kappa shape index (κ1) is 9.26. The van der Waals surface area contributed by atoms with Gasteiger partial charge in [-0.25, -0.2) is 0 Å². The maximum atomic E-state index is 3.05. The Labute approximate surface area is 64.0 Å². The van der Waals surface area contributed by atoms with E-state index < -0.39 is 0 Å². The van der Waals surface area contributed by atoms with E-state index in [9.17, 15) is 0 Å². The highest BCUT2D eigenvalue weighted by molar-refractivity contribution is 4.97. The van der Waals surface area contributed by atoms with Crippen LogP contribution in [0, 0.1) is 0 Å². The molecule has 0 unspecified atom stereocenters. The molecule has 0 heteroatoms. The molecule has 0 heterocycles. The van der Waals surface area contributed by atoms with E-state index in [4.69, 9.17) is 0 Å². The summed E-state index contributed by atoms with van der Waals surface area (Å²) in [5, 5.41) is 0. The molecule has 0 nitrogen and oxygen atoms in total. The Morgan fingerprint density at radius 2 is 2.10 bits per heavy atom. The third-order valence-corrected chi connectivity index (χ3v) is 1.46. The van der Waals surface area contributed by atoms with Crippen LogP contribution in [0.3, 0.4) is 0 Å². The fourth-order valence-electron chi connectivity index (χ4n) is 0.645. The first-order valence-electron chi connectivity index (χ1n) is 3.78. The molecule has 10 heavy (non-hydrogen) atoms. The van der Waals surface area contributed by atoms with Crippen molar-refractivity contribution in [1.82, 2.24) is 0 Å². The number of rotatable bonds is 3. The Bertz CT molecular complexity index is 155. The van der Waals surface area contributed by atoms with Crippen LogP contribution in [0.1, 0.15) is 33.6 Å². The van der Waals surface area contributed by atoms with Crippen molar-refractivity contribution in [2.45, 2.75) is 33.6 Å². The van der Waals surface area contributed by atoms with Crippen molar-refractivity contribution in [3.05, 3.63) is 29.5 Å². The van der Waals surface area contributed by atoms with E-state index in [1.165, 1.54) is 5.57 Å². The molecule has 0 aromatic rings. The Kier molecular flexibility index (Phi) is 5.91. The van der Waals surface area contributed by atoms with Crippen LogP contribution in [0.25, 0.3) is 0 Å². The number of allylic oxidation sites excluding steroid dienone is 3. The normalized spacial score (nSPS) is 10.5. The largest absolute Gasteiger partial charge is 0.130 e. The molecule has 0 aliphatic carbocycles. The van der Waals surface area contributed by atoms with E-state index in [2.05, 4.69) is 31.7 Å². The van der Waals surface area contributed by atoms with Crippen LogP contribution in [0.5, 0.6) is 0 Å². The van der Waals surface area contributed by atoms with Crippen molar-refractivity contribution in [1.29, 1.82) is 0 Å². The van der Waals surface area contributed by atoms with Crippen LogP contribution in [-0.2, 0) is 0 Å². The summed E-state index contributed by atoms with van der Waals surface area (Å²) in [6.45, 7) is 6.22. The molecule has 0 aromatic carbocycles. The van der Waals surface area contributed by atoms with E-state index >= 15 is 0 Å². The van der Waals surface area contributed by atoms with Gasteiger partial charge in [0.1, 0.15) is 0 Å². The predicted molar refractivity (Wildman–Crippen MR) is 47.0 cm³/mol. The molecule has 0 N–H and O–H groups in total. The van der Waals surface area contributed by atoms with E-state index in [1.807, 2.05) is 13.0 Å². The van der Waals surface area contributed by atoms with Gasteiger partial charge in [0.25, 0.3) is 0 Å². The standard InChI is InChI=1S/C10H16/c1-4-6-7-8-9-10(3)5-2/h4-5,7H,8-9H2,1-3H3/b10-5+. The summed E-state index contributed by atoms with van der Waals surface area (Å²) in [5.74, 6) is 0. The van der Waals surface area contributed by atoms with Crippen molar-refractivity contribution < 1.29 is 0 Å². The molecule has 0 aromatic heterocycles. The molecular formula is C10H16. The fourth-order valence-corrected chi connectivity index (χ4v) is 0.645. The molecular weight excluding hydrogens is 120 g/mol. The quantitative estimate of drug-likeness (QED) is 0.411. The lowest BCUT2D eigenvalue weighted by molar-refractivity contribution is 0.975. The van der Waals surface area contributed by atoms with Crippen molar-refractivity contribution in [3.63, 3.8) is 0 Å². The van der Waals surface area contributed by atoms with Crippen molar-refractivity contribution >= 4 is 0 Å². The molecule has 0 radical (unpaired) electrons. The zero-order valence-corrected chi connectivity index (χ0v) is 7.15. The summed E-state index contributed by atoms with van der Waals surface area (Å²) >= 11 is 0.